The molecule has 37 heavy (non-hydrogen) atoms. The van der Waals surface area contributed by atoms with Crippen LogP contribution in [-0.2, 0) is 0 Å². The molecule has 0 aliphatic rings. The van der Waals surface area contributed by atoms with Gasteiger partial charge in [-0.3, -0.25) is 9.59 Å². The Morgan fingerprint density at radius 2 is 1.22 bits per heavy atom. The van der Waals surface area contributed by atoms with Crippen molar-refractivity contribution in [3.05, 3.63) is 130 Å². The third kappa shape index (κ3) is 4.29. The number of aromatic amines is 1. The summed E-state index contributed by atoms with van der Waals surface area (Å²) < 4.78 is 0. The summed E-state index contributed by atoms with van der Waals surface area (Å²) >= 11 is 0. The minimum Gasteiger partial charge on any atom is -0.506 e. The molecule has 0 aliphatic heterocycles. The van der Waals surface area contributed by atoms with Crippen molar-refractivity contribution in [3.63, 3.8) is 0 Å². The van der Waals surface area contributed by atoms with Gasteiger partial charge < -0.3 is 15.0 Å². The highest BCUT2D eigenvalue weighted by Crippen LogP contribution is 2.35. The molecule has 2 N–H and O–H groups in total. The molecule has 5 aromatic rings. The SMILES string of the molecule is N#Cc1ccc(N(c2ccc(C#N)cc2)c2ccc(C(=O)c3c(O)c4ccccc4[nH]c3=O)cc2)cc1. The number of nitrogens with one attached hydrogen (secondary N) is 1. The van der Waals surface area contributed by atoms with E-state index < -0.39 is 11.3 Å². The van der Waals surface area contributed by atoms with Crippen LogP contribution in [0.25, 0.3) is 10.9 Å². The molecule has 4 aromatic carbocycles. The van der Waals surface area contributed by atoms with Crippen molar-refractivity contribution in [2.75, 3.05) is 4.90 Å². The Morgan fingerprint density at radius 3 is 1.73 bits per heavy atom. The topological polar surface area (TPSA) is 121 Å². The summed E-state index contributed by atoms with van der Waals surface area (Å²) in [5.74, 6) is -0.954. The van der Waals surface area contributed by atoms with Gasteiger partial charge in [-0.2, -0.15) is 10.5 Å². The van der Waals surface area contributed by atoms with Gasteiger partial charge in [0.15, 0.2) is 0 Å². The second-order valence-corrected chi connectivity index (χ2v) is 8.25. The molecule has 5 rings (SSSR count). The summed E-state index contributed by atoms with van der Waals surface area (Å²) in [6.07, 6.45) is 0. The van der Waals surface area contributed by atoms with Crippen LogP contribution in [0.15, 0.2) is 102 Å². The van der Waals surface area contributed by atoms with Crippen LogP contribution in [0.1, 0.15) is 27.0 Å². The lowest BCUT2D eigenvalue weighted by Crippen LogP contribution is -2.19. The summed E-state index contributed by atoms with van der Waals surface area (Å²) in [5.41, 5.74) is 2.98. The maximum Gasteiger partial charge on any atom is 0.263 e. The minimum atomic E-state index is -0.665. The van der Waals surface area contributed by atoms with E-state index in [2.05, 4.69) is 17.1 Å². The van der Waals surface area contributed by atoms with Crippen LogP contribution in [0.3, 0.4) is 0 Å². The van der Waals surface area contributed by atoms with Crippen molar-refractivity contribution < 1.29 is 9.90 Å². The maximum absolute atomic E-state index is 13.2. The Balaban J connectivity index is 1.55. The lowest BCUT2D eigenvalue weighted by Gasteiger charge is -2.25. The molecule has 1 aromatic heterocycles. The average molecular weight is 482 g/mol. The van der Waals surface area contributed by atoms with Gasteiger partial charge >= 0.3 is 0 Å². The summed E-state index contributed by atoms with van der Waals surface area (Å²) in [6.45, 7) is 0. The molecule has 0 atom stereocenters. The second kappa shape index (κ2) is 9.53. The van der Waals surface area contributed by atoms with Crippen molar-refractivity contribution in [2.24, 2.45) is 0 Å². The molecule has 176 valence electrons. The van der Waals surface area contributed by atoms with Crippen molar-refractivity contribution in [2.45, 2.75) is 0 Å². The van der Waals surface area contributed by atoms with Crippen molar-refractivity contribution in [1.29, 1.82) is 10.5 Å². The molecule has 1 heterocycles. The molecule has 0 radical (unpaired) electrons. The number of anilines is 3. The molecule has 0 bridgehead atoms. The lowest BCUT2D eigenvalue weighted by molar-refractivity contribution is 0.103. The van der Waals surface area contributed by atoms with E-state index in [0.29, 0.717) is 27.7 Å². The molecule has 0 amide bonds. The first-order chi connectivity index (χ1) is 18.0. The number of pyridine rings is 1. The number of nitrogens with zero attached hydrogens (tertiary/aromatic N) is 3. The van der Waals surface area contributed by atoms with E-state index in [1.54, 1.807) is 72.8 Å². The molecule has 7 heteroatoms. The molecule has 0 aliphatic carbocycles. The fourth-order valence-corrected chi connectivity index (χ4v) is 4.16. The molecule has 0 unspecified atom stereocenters. The number of H-pyrrole nitrogens is 1. The van der Waals surface area contributed by atoms with E-state index in [9.17, 15) is 14.7 Å². The highest BCUT2D eigenvalue weighted by molar-refractivity contribution is 6.13. The number of hydrogen-bond acceptors (Lipinski definition) is 6. The Kier molecular flexibility index (Phi) is 5.95. The Morgan fingerprint density at radius 1 is 0.730 bits per heavy atom. The van der Waals surface area contributed by atoms with Crippen molar-refractivity contribution in [3.8, 4) is 17.9 Å². The first kappa shape index (κ1) is 23.1. The molecule has 0 saturated heterocycles. The van der Waals surface area contributed by atoms with E-state index in [1.165, 1.54) is 0 Å². The fourth-order valence-electron chi connectivity index (χ4n) is 4.16. The monoisotopic (exact) mass is 482 g/mol. The first-order valence-electron chi connectivity index (χ1n) is 11.3. The van der Waals surface area contributed by atoms with E-state index in [-0.39, 0.29) is 16.9 Å². The quantitative estimate of drug-likeness (QED) is 0.311. The normalized spacial score (nSPS) is 10.4. The van der Waals surface area contributed by atoms with Crippen LogP contribution >= 0.6 is 0 Å². The second-order valence-electron chi connectivity index (χ2n) is 8.25. The standard InChI is InChI=1S/C30H18N4O3/c31-17-19-5-11-22(12-6-19)34(23-13-7-20(18-32)8-14-23)24-15-9-21(10-16-24)28(35)27-29(36)25-3-1-2-4-26(25)33-30(27)37/h1-16H,(H2,33,36,37). The predicted octanol–water partition coefficient (Wildman–Crippen LogP) is 5.68. The van der Waals surface area contributed by atoms with Crippen LogP contribution < -0.4 is 10.5 Å². The number of rotatable bonds is 5. The number of fused-ring (bicyclic) bond motifs is 1. The predicted molar refractivity (Wildman–Crippen MR) is 140 cm³/mol. The summed E-state index contributed by atoms with van der Waals surface area (Å²) in [5, 5.41) is 29.4. The third-order valence-corrected chi connectivity index (χ3v) is 6.02. The number of carbonyl (C=O) groups is 1. The van der Waals surface area contributed by atoms with Gasteiger partial charge in [-0.25, -0.2) is 0 Å². The average Bonchev–Trinajstić information content (AvgIpc) is 2.94. The van der Waals surface area contributed by atoms with Crippen LogP contribution in [0.2, 0.25) is 0 Å². The van der Waals surface area contributed by atoms with Crippen molar-refractivity contribution in [1.82, 2.24) is 4.98 Å². The number of hydrogen-bond donors (Lipinski definition) is 2. The number of benzene rings is 4. The number of nitriles is 2. The van der Waals surface area contributed by atoms with Crippen molar-refractivity contribution >= 4 is 33.7 Å². The van der Waals surface area contributed by atoms with Crippen LogP contribution in [0.4, 0.5) is 17.1 Å². The number of para-hydroxylation sites is 1. The van der Waals surface area contributed by atoms with Gasteiger partial charge in [0.05, 0.1) is 28.8 Å². The molecule has 0 spiro atoms. The summed E-state index contributed by atoms with van der Waals surface area (Å²) in [6, 6.07) is 31.6. The van der Waals surface area contributed by atoms with Gasteiger partial charge in [0.25, 0.3) is 5.56 Å². The highest BCUT2D eigenvalue weighted by Gasteiger charge is 2.21. The smallest absolute Gasteiger partial charge is 0.263 e. The molecular weight excluding hydrogens is 464 g/mol. The fraction of sp³-hybridized carbons (Fsp3) is 0. The van der Waals surface area contributed by atoms with E-state index in [1.807, 2.05) is 29.2 Å². The van der Waals surface area contributed by atoms with Gasteiger partial charge in [0.1, 0.15) is 11.3 Å². The first-order valence-corrected chi connectivity index (χ1v) is 11.3. The number of carbonyl (C=O) groups excluding carboxylic acids is 1. The van der Waals surface area contributed by atoms with Gasteiger partial charge in [0.2, 0.25) is 5.78 Å². The summed E-state index contributed by atoms with van der Waals surface area (Å²) in [4.78, 5) is 30.4. The van der Waals surface area contributed by atoms with Gasteiger partial charge in [-0.15, -0.1) is 0 Å². The lowest BCUT2D eigenvalue weighted by atomic mass is 10.0. The van der Waals surface area contributed by atoms with Gasteiger partial charge in [0, 0.05) is 28.0 Å². The highest BCUT2D eigenvalue weighted by atomic mass is 16.3. The maximum atomic E-state index is 13.2. The third-order valence-electron chi connectivity index (χ3n) is 6.02. The Hall–Kier alpha value is -5.66. The molecule has 0 fully saturated rings. The largest absolute Gasteiger partial charge is 0.506 e. The molecule has 7 nitrogen and oxygen atoms in total. The molecule has 0 saturated carbocycles. The zero-order valence-electron chi connectivity index (χ0n) is 19.3. The Labute approximate surface area is 211 Å². The zero-order valence-corrected chi connectivity index (χ0v) is 19.3. The van der Waals surface area contributed by atoms with E-state index >= 15 is 0 Å². The van der Waals surface area contributed by atoms with Gasteiger partial charge in [-0.05, 0) is 84.9 Å². The zero-order chi connectivity index (χ0) is 25.9. The van der Waals surface area contributed by atoms with Crippen LogP contribution in [0, 0.1) is 22.7 Å². The number of ketones is 1. The van der Waals surface area contributed by atoms with Crippen LogP contribution in [-0.4, -0.2) is 15.9 Å². The van der Waals surface area contributed by atoms with E-state index in [0.717, 1.165) is 11.4 Å². The summed E-state index contributed by atoms with van der Waals surface area (Å²) in [7, 11) is 0. The van der Waals surface area contributed by atoms with E-state index in [4.69, 9.17) is 10.5 Å². The van der Waals surface area contributed by atoms with Crippen LogP contribution in [0.5, 0.6) is 5.75 Å². The van der Waals surface area contributed by atoms with Gasteiger partial charge in [-0.1, -0.05) is 12.1 Å². The molecular formula is C30H18N4O3. The Bertz CT molecular complexity index is 1720. The minimum absolute atomic E-state index is 0.236. The number of aromatic hydroxyl groups is 1. The number of aromatic nitrogens is 1.